The van der Waals surface area contributed by atoms with Gasteiger partial charge >= 0.3 is 0 Å². The van der Waals surface area contributed by atoms with Crippen LogP contribution in [0.1, 0.15) is 25.3 Å². The normalized spacial score (nSPS) is 16.4. The summed E-state index contributed by atoms with van der Waals surface area (Å²) in [6.07, 6.45) is 1.63. The van der Waals surface area contributed by atoms with Crippen molar-refractivity contribution in [1.82, 2.24) is 10.2 Å². The van der Waals surface area contributed by atoms with Crippen molar-refractivity contribution < 1.29 is 4.79 Å². The summed E-state index contributed by atoms with van der Waals surface area (Å²) in [4.78, 5) is 14.0. The van der Waals surface area contributed by atoms with E-state index >= 15 is 0 Å². The summed E-state index contributed by atoms with van der Waals surface area (Å²) >= 11 is 0. The molecule has 6 heteroatoms. The van der Waals surface area contributed by atoms with E-state index in [4.69, 9.17) is 5.73 Å². The molecule has 0 saturated heterocycles. The Bertz CT molecular complexity index is 438. The Morgan fingerprint density at radius 1 is 1.33 bits per heavy atom. The van der Waals surface area contributed by atoms with Crippen molar-refractivity contribution in [3.63, 3.8) is 0 Å². The van der Waals surface area contributed by atoms with E-state index in [-0.39, 0.29) is 36.8 Å². The van der Waals surface area contributed by atoms with Gasteiger partial charge in [0.25, 0.3) is 0 Å². The van der Waals surface area contributed by atoms with E-state index in [9.17, 15) is 4.79 Å². The monoisotopic (exact) mass is 333 g/mol. The molecule has 0 spiro atoms. The second-order valence-electron chi connectivity index (χ2n) is 5.62. The minimum absolute atomic E-state index is 0. The summed E-state index contributed by atoms with van der Waals surface area (Å²) in [5.41, 5.74) is 6.56. The number of carbonyl (C=O) groups is 1. The van der Waals surface area contributed by atoms with Crippen LogP contribution in [0.2, 0.25) is 0 Å². The predicted molar refractivity (Wildman–Crippen MR) is 91.0 cm³/mol. The van der Waals surface area contributed by atoms with Crippen molar-refractivity contribution in [1.29, 1.82) is 0 Å². The highest BCUT2D eigenvalue weighted by atomic mass is 35.5. The molecule has 1 aliphatic rings. The number of likely N-dealkylation sites (N-methyl/N-ethyl adjacent to an activating group) is 1. The molecule has 1 amide bonds. The average Bonchev–Trinajstić information content (AvgIpc) is 3.16. The Morgan fingerprint density at radius 2 is 1.90 bits per heavy atom. The summed E-state index contributed by atoms with van der Waals surface area (Å²) in [6, 6.07) is 10.6. The van der Waals surface area contributed by atoms with E-state index in [0.29, 0.717) is 6.54 Å². The van der Waals surface area contributed by atoms with Gasteiger partial charge in [-0.05, 0) is 32.4 Å². The molecule has 21 heavy (non-hydrogen) atoms. The standard InChI is InChI=1S/C15H23N3O.2ClH/c1-12(10-17-14(19)15(16)8-9-15)18(2)11-13-6-4-3-5-7-13;;/h3-7,12H,8-11,16H2,1-2H3,(H,17,19);2*1H. The van der Waals surface area contributed by atoms with E-state index in [1.54, 1.807) is 0 Å². The number of carbonyl (C=O) groups excluding carboxylic acids is 1. The molecule has 0 aromatic heterocycles. The first-order chi connectivity index (χ1) is 9.01. The van der Waals surface area contributed by atoms with Crippen LogP contribution < -0.4 is 11.1 Å². The van der Waals surface area contributed by atoms with Gasteiger partial charge in [0.2, 0.25) is 5.91 Å². The van der Waals surface area contributed by atoms with Gasteiger partial charge in [-0.15, -0.1) is 24.8 Å². The maximum atomic E-state index is 11.8. The fourth-order valence-electron chi connectivity index (χ4n) is 1.96. The Balaban J connectivity index is 0.00000200. The first-order valence-electron chi connectivity index (χ1n) is 6.82. The lowest BCUT2D eigenvalue weighted by molar-refractivity contribution is -0.123. The fraction of sp³-hybridized carbons (Fsp3) is 0.533. The third-order valence-corrected chi connectivity index (χ3v) is 3.83. The number of rotatable bonds is 6. The highest BCUT2D eigenvalue weighted by molar-refractivity contribution is 5.88. The molecule has 1 unspecified atom stereocenters. The third-order valence-electron chi connectivity index (χ3n) is 3.83. The molecule has 1 fully saturated rings. The quantitative estimate of drug-likeness (QED) is 0.836. The average molecular weight is 334 g/mol. The Kier molecular flexibility index (Phi) is 8.26. The molecule has 120 valence electrons. The summed E-state index contributed by atoms with van der Waals surface area (Å²) in [6.45, 7) is 3.63. The van der Waals surface area contributed by atoms with Gasteiger partial charge in [-0.1, -0.05) is 30.3 Å². The highest BCUT2D eigenvalue weighted by Gasteiger charge is 2.45. The molecule has 0 radical (unpaired) electrons. The van der Waals surface area contributed by atoms with E-state index in [1.807, 2.05) is 18.2 Å². The van der Waals surface area contributed by atoms with Gasteiger partial charge in [0.1, 0.15) is 0 Å². The zero-order chi connectivity index (χ0) is 13.9. The summed E-state index contributed by atoms with van der Waals surface area (Å²) < 4.78 is 0. The Labute approximate surface area is 139 Å². The smallest absolute Gasteiger partial charge is 0.240 e. The Hall–Kier alpha value is -0.810. The first kappa shape index (κ1) is 20.2. The van der Waals surface area contributed by atoms with E-state index in [1.165, 1.54) is 5.56 Å². The zero-order valence-electron chi connectivity index (χ0n) is 12.5. The van der Waals surface area contributed by atoms with Gasteiger partial charge in [0, 0.05) is 19.1 Å². The lowest BCUT2D eigenvalue weighted by Crippen LogP contribution is -2.47. The van der Waals surface area contributed by atoms with Crippen LogP contribution in [0, 0.1) is 0 Å². The lowest BCUT2D eigenvalue weighted by Gasteiger charge is -2.25. The van der Waals surface area contributed by atoms with Crippen LogP contribution in [0.15, 0.2) is 30.3 Å². The molecule has 3 N–H and O–H groups in total. The molecular weight excluding hydrogens is 309 g/mol. The molecule has 2 rings (SSSR count). The number of nitrogens with two attached hydrogens (primary N) is 1. The molecule has 1 aromatic rings. The third kappa shape index (κ3) is 5.83. The molecular formula is C15H25Cl2N3O. The number of nitrogens with zero attached hydrogens (tertiary/aromatic N) is 1. The molecule has 1 saturated carbocycles. The largest absolute Gasteiger partial charge is 0.353 e. The summed E-state index contributed by atoms with van der Waals surface area (Å²) in [7, 11) is 2.07. The van der Waals surface area contributed by atoms with Crippen molar-refractivity contribution in [2.75, 3.05) is 13.6 Å². The molecule has 1 aliphatic carbocycles. The number of amides is 1. The number of halogens is 2. The van der Waals surface area contributed by atoms with Crippen molar-refractivity contribution in [2.45, 2.75) is 37.9 Å². The maximum absolute atomic E-state index is 11.8. The van der Waals surface area contributed by atoms with Gasteiger partial charge in [-0.3, -0.25) is 9.69 Å². The van der Waals surface area contributed by atoms with Crippen LogP contribution in [0.3, 0.4) is 0 Å². The van der Waals surface area contributed by atoms with Gasteiger partial charge in [0.05, 0.1) is 5.54 Å². The van der Waals surface area contributed by atoms with Gasteiger partial charge < -0.3 is 11.1 Å². The van der Waals surface area contributed by atoms with E-state index < -0.39 is 5.54 Å². The molecule has 0 heterocycles. The molecule has 1 atom stereocenters. The van der Waals surface area contributed by atoms with Crippen LogP contribution in [-0.4, -0.2) is 36.0 Å². The van der Waals surface area contributed by atoms with Crippen LogP contribution in [0.25, 0.3) is 0 Å². The van der Waals surface area contributed by atoms with Crippen LogP contribution >= 0.6 is 24.8 Å². The molecule has 0 aliphatic heterocycles. The molecule has 4 nitrogen and oxygen atoms in total. The lowest BCUT2D eigenvalue weighted by atomic mass is 10.2. The van der Waals surface area contributed by atoms with Crippen molar-refractivity contribution in [2.24, 2.45) is 5.73 Å². The van der Waals surface area contributed by atoms with Crippen molar-refractivity contribution >= 4 is 30.7 Å². The summed E-state index contributed by atoms with van der Waals surface area (Å²) in [5.74, 6) is -0.00698. The van der Waals surface area contributed by atoms with Crippen molar-refractivity contribution in [3.8, 4) is 0 Å². The first-order valence-corrected chi connectivity index (χ1v) is 6.82. The minimum Gasteiger partial charge on any atom is -0.353 e. The minimum atomic E-state index is -0.572. The molecule has 0 bridgehead atoms. The SMILES string of the molecule is CC(CNC(=O)C1(N)CC1)N(C)Cc1ccccc1.Cl.Cl. The molecule has 1 aromatic carbocycles. The van der Waals surface area contributed by atoms with Gasteiger partial charge in [0.15, 0.2) is 0 Å². The zero-order valence-corrected chi connectivity index (χ0v) is 14.2. The van der Waals surface area contributed by atoms with Crippen LogP contribution in [0.4, 0.5) is 0 Å². The second kappa shape index (κ2) is 8.59. The number of nitrogens with one attached hydrogen (secondary N) is 1. The van der Waals surface area contributed by atoms with Gasteiger partial charge in [-0.25, -0.2) is 0 Å². The summed E-state index contributed by atoms with van der Waals surface area (Å²) in [5, 5.41) is 2.95. The Morgan fingerprint density at radius 3 is 2.43 bits per heavy atom. The highest BCUT2D eigenvalue weighted by Crippen LogP contribution is 2.32. The van der Waals surface area contributed by atoms with E-state index in [0.717, 1.165) is 19.4 Å². The predicted octanol–water partition coefficient (Wildman–Crippen LogP) is 1.96. The van der Waals surface area contributed by atoms with E-state index in [2.05, 4.69) is 36.3 Å². The van der Waals surface area contributed by atoms with Crippen LogP contribution in [-0.2, 0) is 11.3 Å². The maximum Gasteiger partial charge on any atom is 0.240 e. The van der Waals surface area contributed by atoms with Gasteiger partial charge in [-0.2, -0.15) is 0 Å². The fourth-order valence-corrected chi connectivity index (χ4v) is 1.96. The van der Waals surface area contributed by atoms with Crippen molar-refractivity contribution in [3.05, 3.63) is 35.9 Å². The number of hydrogen-bond donors (Lipinski definition) is 2. The second-order valence-corrected chi connectivity index (χ2v) is 5.62. The topological polar surface area (TPSA) is 58.4 Å². The number of hydrogen-bond acceptors (Lipinski definition) is 3. The van der Waals surface area contributed by atoms with Crippen LogP contribution in [0.5, 0.6) is 0 Å². The number of benzene rings is 1.